The summed E-state index contributed by atoms with van der Waals surface area (Å²) in [6.45, 7) is 2.21. The first-order valence-corrected chi connectivity index (χ1v) is 11.8. The maximum atomic E-state index is 12.7. The first-order chi connectivity index (χ1) is 14.4. The van der Waals surface area contributed by atoms with Gasteiger partial charge in [-0.2, -0.15) is 4.31 Å². The van der Waals surface area contributed by atoms with Crippen molar-refractivity contribution in [1.82, 2.24) is 9.21 Å². The number of methoxy groups -OCH3 is 1. The van der Waals surface area contributed by atoms with Crippen molar-refractivity contribution in [2.75, 3.05) is 33.3 Å². The number of fused-ring (bicyclic) bond motifs is 1. The molecule has 2 aromatic carbocycles. The van der Waals surface area contributed by atoms with Crippen LogP contribution in [0.3, 0.4) is 0 Å². The number of hydrogen-bond acceptors (Lipinski definition) is 7. The lowest BCUT2D eigenvalue weighted by Gasteiger charge is -2.34. The summed E-state index contributed by atoms with van der Waals surface area (Å²) in [4.78, 5) is 14.2. The van der Waals surface area contributed by atoms with Crippen LogP contribution in [0.25, 0.3) is 10.8 Å². The van der Waals surface area contributed by atoms with E-state index in [1.165, 1.54) is 22.8 Å². The van der Waals surface area contributed by atoms with E-state index < -0.39 is 16.0 Å². The number of carbonyl (C=O) groups is 1. The number of hydrogen-bond donors (Lipinski definition) is 1. The summed E-state index contributed by atoms with van der Waals surface area (Å²) in [7, 11) is -2.18. The van der Waals surface area contributed by atoms with Gasteiger partial charge in [-0.3, -0.25) is 4.90 Å². The molecule has 3 aromatic rings. The second-order valence-corrected chi connectivity index (χ2v) is 10.2. The van der Waals surface area contributed by atoms with Gasteiger partial charge in [-0.05, 0) is 28.3 Å². The van der Waals surface area contributed by atoms with Gasteiger partial charge in [0.1, 0.15) is 15.5 Å². The number of esters is 1. The van der Waals surface area contributed by atoms with Crippen LogP contribution < -0.4 is 0 Å². The molecule has 2 heterocycles. The fourth-order valence-electron chi connectivity index (χ4n) is 3.73. The molecule has 0 atom stereocenters. The number of aromatic hydroxyl groups is 1. The van der Waals surface area contributed by atoms with Crippen LogP contribution in [0.4, 0.5) is 0 Å². The third-order valence-electron chi connectivity index (χ3n) is 5.33. The molecule has 1 N–H and O–H groups in total. The number of rotatable bonds is 5. The third kappa shape index (κ3) is 3.81. The van der Waals surface area contributed by atoms with Crippen LogP contribution in [-0.2, 0) is 21.3 Å². The Bertz CT molecular complexity index is 1170. The zero-order valence-corrected chi connectivity index (χ0v) is 18.1. The van der Waals surface area contributed by atoms with Gasteiger partial charge in [-0.15, -0.1) is 11.3 Å². The average Bonchev–Trinajstić information content (AvgIpc) is 3.31. The van der Waals surface area contributed by atoms with Crippen molar-refractivity contribution >= 4 is 38.1 Å². The van der Waals surface area contributed by atoms with Crippen LogP contribution in [0.2, 0.25) is 0 Å². The first kappa shape index (κ1) is 20.8. The van der Waals surface area contributed by atoms with Crippen molar-refractivity contribution in [1.29, 1.82) is 0 Å². The number of phenols is 1. The molecule has 0 spiro atoms. The van der Waals surface area contributed by atoms with Crippen LogP contribution in [0.15, 0.2) is 52.1 Å². The molecule has 0 aliphatic carbocycles. The Labute approximate surface area is 179 Å². The van der Waals surface area contributed by atoms with Gasteiger partial charge in [0, 0.05) is 38.3 Å². The van der Waals surface area contributed by atoms with E-state index in [4.69, 9.17) is 4.74 Å². The van der Waals surface area contributed by atoms with E-state index >= 15 is 0 Å². The summed E-state index contributed by atoms with van der Waals surface area (Å²) >= 11 is 1.22. The molecule has 1 fully saturated rings. The molecule has 1 aliphatic heterocycles. The number of nitrogens with zero attached hydrogens (tertiary/aromatic N) is 2. The predicted molar refractivity (Wildman–Crippen MR) is 115 cm³/mol. The lowest BCUT2D eigenvalue weighted by molar-refractivity contribution is 0.0597. The van der Waals surface area contributed by atoms with Gasteiger partial charge in [-0.25, -0.2) is 13.2 Å². The minimum Gasteiger partial charge on any atom is -0.507 e. The molecule has 158 valence electrons. The molecule has 0 amide bonds. The van der Waals surface area contributed by atoms with Gasteiger partial charge in [0.15, 0.2) is 0 Å². The Balaban J connectivity index is 1.57. The number of phenolic OH excluding ortho intramolecular Hbond substituents is 1. The molecule has 1 aliphatic rings. The molecule has 9 heteroatoms. The van der Waals surface area contributed by atoms with E-state index in [2.05, 4.69) is 4.90 Å². The molecule has 0 unspecified atom stereocenters. The van der Waals surface area contributed by atoms with Gasteiger partial charge >= 0.3 is 5.97 Å². The molecule has 30 heavy (non-hydrogen) atoms. The molecule has 0 saturated carbocycles. The van der Waals surface area contributed by atoms with Crippen molar-refractivity contribution in [2.24, 2.45) is 0 Å². The average molecular weight is 447 g/mol. The molecule has 0 bridgehead atoms. The monoisotopic (exact) mass is 446 g/mol. The summed E-state index contributed by atoms with van der Waals surface area (Å²) in [5.74, 6) is -0.680. The SMILES string of the molecule is COC(=O)c1cc2ccccc2c(CN2CCN(S(=O)(=O)c3cccs3)CC2)c1O. The summed E-state index contributed by atoms with van der Waals surface area (Å²) in [5.41, 5.74) is 0.771. The van der Waals surface area contributed by atoms with Crippen molar-refractivity contribution in [3.63, 3.8) is 0 Å². The minimum absolute atomic E-state index is 0.0887. The van der Waals surface area contributed by atoms with Crippen molar-refractivity contribution in [2.45, 2.75) is 10.8 Å². The van der Waals surface area contributed by atoms with E-state index in [1.54, 1.807) is 23.6 Å². The topological polar surface area (TPSA) is 87.2 Å². The quantitative estimate of drug-likeness (QED) is 0.607. The maximum Gasteiger partial charge on any atom is 0.341 e. The Kier molecular flexibility index (Phi) is 5.79. The Hall–Kier alpha value is -2.46. The first-order valence-electron chi connectivity index (χ1n) is 9.49. The Morgan fingerprint density at radius 1 is 1.13 bits per heavy atom. The van der Waals surface area contributed by atoms with Gasteiger partial charge in [0.05, 0.1) is 7.11 Å². The Morgan fingerprint density at radius 3 is 2.53 bits per heavy atom. The zero-order valence-electron chi connectivity index (χ0n) is 16.4. The lowest BCUT2D eigenvalue weighted by atomic mass is 9.98. The fourth-order valence-corrected chi connectivity index (χ4v) is 6.29. The predicted octanol–water partition coefficient (Wildman–Crippen LogP) is 2.90. The van der Waals surface area contributed by atoms with Gasteiger partial charge in [-0.1, -0.05) is 30.3 Å². The van der Waals surface area contributed by atoms with Crippen LogP contribution in [0, 0.1) is 0 Å². The highest BCUT2D eigenvalue weighted by Crippen LogP contribution is 2.33. The highest BCUT2D eigenvalue weighted by molar-refractivity contribution is 7.91. The second kappa shape index (κ2) is 8.35. The number of carbonyl (C=O) groups excluding carboxylic acids is 1. The largest absolute Gasteiger partial charge is 0.507 e. The summed E-state index contributed by atoms with van der Waals surface area (Å²) < 4.78 is 32.1. The zero-order chi connectivity index (χ0) is 21.3. The van der Waals surface area contributed by atoms with Crippen LogP contribution >= 0.6 is 11.3 Å². The fraction of sp³-hybridized carbons (Fsp3) is 0.286. The second-order valence-electron chi connectivity index (χ2n) is 7.08. The number of sulfonamides is 1. The lowest BCUT2D eigenvalue weighted by Crippen LogP contribution is -2.48. The van der Waals surface area contributed by atoms with E-state index in [0.717, 1.165) is 10.8 Å². The molecule has 0 radical (unpaired) electrons. The summed E-state index contributed by atoms with van der Waals surface area (Å²) in [6, 6.07) is 12.5. The van der Waals surface area contributed by atoms with Crippen LogP contribution in [0.1, 0.15) is 15.9 Å². The smallest absolute Gasteiger partial charge is 0.341 e. The van der Waals surface area contributed by atoms with Gasteiger partial charge in [0.2, 0.25) is 0 Å². The molecule has 1 saturated heterocycles. The van der Waals surface area contributed by atoms with Crippen molar-refractivity contribution < 1.29 is 23.1 Å². The number of ether oxygens (including phenoxy) is 1. The molecule has 4 rings (SSSR count). The molecule has 7 nitrogen and oxygen atoms in total. The van der Waals surface area contributed by atoms with Crippen molar-refractivity contribution in [3.05, 3.63) is 59.0 Å². The molecule has 1 aromatic heterocycles. The highest BCUT2D eigenvalue weighted by atomic mass is 32.2. The molecular weight excluding hydrogens is 424 g/mol. The van der Waals surface area contributed by atoms with Crippen LogP contribution in [0.5, 0.6) is 5.75 Å². The van der Waals surface area contributed by atoms with Gasteiger partial charge < -0.3 is 9.84 Å². The van der Waals surface area contributed by atoms with Gasteiger partial charge in [0.25, 0.3) is 10.0 Å². The van der Waals surface area contributed by atoms with E-state index in [-0.39, 0.29) is 11.3 Å². The summed E-state index contributed by atoms with van der Waals surface area (Å²) in [6.07, 6.45) is 0. The summed E-state index contributed by atoms with van der Waals surface area (Å²) in [5, 5.41) is 14.2. The number of thiophene rings is 1. The number of piperazine rings is 1. The molecular formula is C21H22N2O5S2. The van der Waals surface area contributed by atoms with Crippen molar-refractivity contribution in [3.8, 4) is 5.75 Å². The number of benzene rings is 2. The van der Waals surface area contributed by atoms with E-state index in [0.29, 0.717) is 42.5 Å². The normalized spacial score (nSPS) is 16.0. The standard InChI is InChI=1S/C21H22N2O5S2/c1-28-21(25)17-13-15-5-2-3-6-16(15)18(20(17)24)14-22-8-10-23(11-9-22)30(26,27)19-7-4-12-29-19/h2-7,12-13,24H,8-11,14H2,1H3. The van der Waals surface area contributed by atoms with E-state index in [1.807, 2.05) is 24.3 Å². The highest BCUT2D eigenvalue weighted by Gasteiger charge is 2.30. The Morgan fingerprint density at radius 2 is 1.87 bits per heavy atom. The van der Waals surface area contributed by atoms with E-state index in [9.17, 15) is 18.3 Å². The third-order valence-corrected chi connectivity index (χ3v) is 8.61. The maximum absolute atomic E-state index is 12.7. The van der Waals surface area contributed by atoms with Crippen LogP contribution in [-0.4, -0.2) is 62.0 Å². The minimum atomic E-state index is -3.46.